The van der Waals surface area contributed by atoms with Crippen LogP contribution in [-0.4, -0.2) is 58.5 Å². The minimum absolute atomic E-state index is 0.104. The van der Waals surface area contributed by atoms with E-state index in [9.17, 15) is 23.5 Å². The van der Waals surface area contributed by atoms with Gasteiger partial charge in [0.25, 0.3) is 5.91 Å². The lowest BCUT2D eigenvalue weighted by Crippen LogP contribution is -2.73. The number of aliphatic hydroxyl groups is 1. The Kier molecular flexibility index (Phi) is 6.06. The van der Waals surface area contributed by atoms with Crippen LogP contribution in [0.2, 0.25) is 0 Å². The number of piperazine rings is 1. The van der Waals surface area contributed by atoms with Gasteiger partial charge in [-0.15, -0.1) is 0 Å². The molecule has 0 unspecified atom stereocenters. The molecule has 0 saturated carbocycles. The summed E-state index contributed by atoms with van der Waals surface area (Å²) < 4.78 is 26.7. The molecule has 35 heavy (non-hydrogen) atoms. The van der Waals surface area contributed by atoms with Crippen LogP contribution in [0.25, 0.3) is 0 Å². The van der Waals surface area contributed by atoms with Gasteiger partial charge in [-0.3, -0.25) is 9.59 Å². The van der Waals surface area contributed by atoms with Gasteiger partial charge in [-0.1, -0.05) is 30.0 Å². The number of aliphatic hydroxyl groups excluding tert-OH is 1. The zero-order chi connectivity index (χ0) is 24.5. The van der Waals surface area contributed by atoms with Gasteiger partial charge in [-0.2, -0.15) is 0 Å². The predicted molar refractivity (Wildman–Crippen MR) is 125 cm³/mol. The Morgan fingerprint density at radius 1 is 0.943 bits per heavy atom. The van der Waals surface area contributed by atoms with Crippen LogP contribution in [0.15, 0.2) is 72.8 Å². The highest BCUT2D eigenvalue weighted by Gasteiger charge is 2.54. The van der Waals surface area contributed by atoms with E-state index < -0.39 is 11.7 Å². The second-order valence-electron chi connectivity index (χ2n) is 8.72. The Hall–Kier alpha value is -4.02. The van der Waals surface area contributed by atoms with E-state index in [-0.39, 0.29) is 48.4 Å². The largest absolute Gasteiger partial charge is 0.394 e. The van der Waals surface area contributed by atoms with E-state index in [0.717, 1.165) is 11.1 Å². The van der Waals surface area contributed by atoms with Gasteiger partial charge in [0.1, 0.15) is 18.2 Å². The molecule has 176 valence electrons. The second-order valence-corrected chi connectivity index (χ2v) is 8.72. The Balaban J connectivity index is 1.34. The van der Waals surface area contributed by atoms with Gasteiger partial charge in [0.15, 0.2) is 0 Å². The van der Waals surface area contributed by atoms with Crippen LogP contribution in [0.3, 0.4) is 0 Å². The molecule has 0 spiro atoms. The van der Waals surface area contributed by atoms with E-state index in [4.69, 9.17) is 0 Å². The molecular weight excluding hydrogens is 450 g/mol. The molecular formula is C28H22F2N2O3. The van der Waals surface area contributed by atoms with Crippen molar-refractivity contribution in [1.29, 1.82) is 0 Å². The molecule has 2 aliphatic heterocycles. The van der Waals surface area contributed by atoms with Crippen molar-refractivity contribution in [3.05, 3.63) is 107 Å². The minimum atomic E-state index is -0.509. The molecule has 3 atom stereocenters. The van der Waals surface area contributed by atoms with E-state index in [1.165, 1.54) is 41.3 Å². The number of benzene rings is 3. The monoisotopic (exact) mass is 472 g/mol. The SMILES string of the molecule is O=C(c1cccc(F)c1)N1CC(=O)N2[C@H](CO)[C@H](c3ccc(C#Cc4ccc(F)cc4)cc3)[C@@H]2C1. The fraction of sp³-hybridized carbons (Fsp3) is 0.214. The maximum atomic E-state index is 13.6. The Labute approximate surface area is 201 Å². The van der Waals surface area contributed by atoms with Gasteiger partial charge >= 0.3 is 0 Å². The summed E-state index contributed by atoms with van der Waals surface area (Å²) in [5, 5.41) is 9.98. The Morgan fingerprint density at radius 2 is 1.60 bits per heavy atom. The average Bonchev–Trinajstić information content (AvgIpc) is 2.85. The summed E-state index contributed by atoms with van der Waals surface area (Å²) in [6.07, 6.45) is 0. The molecule has 2 saturated heterocycles. The van der Waals surface area contributed by atoms with Crippen molar-refractivity contribution in [1.82, 2.24) is 9.80 Å². The maximum Gasteiger partial charge on any atom is 0.254 e. The van der Waals surface area contributed by atoms with Crippen molar-refractivity contribution in [3.8, 4) is 11.8 Å². The summed E-state index contributed by atoms with van der Waals surface area (Å²) in [7, 11) is 0. The smallest absolute Gasteiger partial charge is 0.254 e. The third kappa shape index (κ3) is 4.41. The first-order chi connectivity index (χ1) is 16.9. The number of hydrogen-bond acceptors (Lipinski definition) is 3. The summed E-state index contributed by atoms with van der Waals surface area (Å²) >= 11 is 0. The van der Waals surface area contributed by atoms with E-state index in [1.54, 1.807) is 17.0 Å². The molecule has 5 rings (SSSR count). The molecule has 3 aromatic carbocycles. The number of rotatable bonds is 3. The summed E-state index contributed by atoms with van der Waals surface area (Å²) in [6.45, 7) is 0.0121. The molecule has 0 radical (unpaired) electrons. The third-order valence-electron chi connectivity index (χ3n) is 6.60. The van der Waals surface area contributed by atoms with Crippen LogP contribution < -0.4 is 0 Å². The van der Waals surface area contributed by atoms with Crippen molar-refractivity contribution in [2.24, 2.45) is 0 Å². The zero-order valence-electron chi connectivity index (χ0n) is 18.7. The van der Waals surface area contributed by atoms with Gasteiger partial charge < -0.3 is 14.9 Å². The highest BCUT2D eigenvalue weighted by atomic mass is 19.1. The highest BCUT2D eigenvalue weighted by Crippen LogP contribution is 2.43. The van der Waals surface area contributed by atoms with E-state index in [1.807, 2.05) is 24.3 Å². The van der Waals surface area contributed by atoms with Crippen LogP contribution in [0.4, 0.5) is 8.78 Å². The predicted octanol–water partition coefficient (Wildman–Crippen LogP) is 3.18. The molecule has 0 bridgehead atoms. The number of carbonyl (C=O) groups is 2. The number of halogens is 2. The number of fused-ring (bicyclic) bond motifs is 1. The normalized spacial score (nSPS) is 21.0. The maximum absolute atomic E-state index is 13.6. The molecule has 0 aliphatic carbocycles. The lowest BCUT2D eigenvalue weighted by Gasteiger charge is -2.58. The number of nitrogens with zero attached hydrogens (tertiary/aromatic N) is 2. The van der Waals surface area contributed by atoms with E-state index >= 15 is 0 Å². The number of carbonyl (C=O) groups excluding carboxylic acids is 2. The van der Waals surface area contributed by atoms with Crippen molar-refractivity contribution in [2.75, 3.05) is 19.7 Å². The minimum Gasteiger partial charge on any atom is -0.394 e. The highest BCUT2D eigenvalue weighted by molar-refractivity contribution is 5.97. The molecule has 0 aromatic heterocycles. The lowest BCUT2D eigenvalue weighted by molar-refractivity contribution is -0.159. The summed E-state index contributed by atoms with van der Waals surface area (Å²) in [5.41, 5.74) is 2.61. The topological polar surface area (TPSA) is 60.9 Å². The van der Waals surface area contributed by atoms with E-state index in [2.05, 4.69) is 11.8 Å². The van der Waals surface area contributed by atoms with Crippen molar-refractivity contribution >= 4 is 11.8 Å². The van der Waals surface area contributed by atoms with Crippen LogP contribution in [0.5, 0.6) is 0 Å². The summed E-state index contributed by atoms with van der Waals surface area (Å²) in [6, 6.07) is 18.3. The van der Waals surface area contributed by atoms with Crippen molar-refractivity contribution in [3.63, 3.8) is 0 Å². The van der Waals surface area contributed by atoms with E-state index in [0.29, 0.717) is 12.1 Å². The summed E-state index contributed by atoms with van der Waals surface area (Å²) in [4.78, 5) is 28.8. The molecule has 3 aromatic rings. The molecule has 5 nitrogen and oxygen atoms in total. The van der Waals surface area contributed by atoms with Gasteiger partial charge in [-0.25, -0.2) is 8.78 Å². The van der Waals surface area contributed by atoms with Crippen molar-refractivity contribution < 1.29 is 23.5 Å². The quantitative estimate of drug-likeness (QED) is 0.596. The Bertz CT molecular complexity index is 1330. The zero-order valence-corrected chi connectivity index (χ0v) is 18.7. The van der Waals surface area contributed by atoms with Gasteiger partial charge in [-0.05, 0) is 60.2 Å². The molecule has 2 amide bonds. The standard InChI is InChI=1S/C28H22F2N2O3/c29-22-12-8-19(9-13-22)5-4-18-6-10-20(11-7-18)27-24-15-31(16-26(34)32(24)25(27)17-33)28(35)21-2-1-3-23(30)14-21/h1-3,6-14,24-25,27,33H,15-17H2/t24-,25+,27+/m0/s1. The van der Waals surface area contributed by atoms with Gasteiger partial charge in [0.05, 0.1) is 18.7 Å². The first-order valence-corrected chi connectivity index (χ1v) is 11.3. The van der Waals surface area contributed by atoms with Crippen LogP contribution in [0, 0.1) is 23.5 Å². The first-order valence-electron chi connectivity index (χ1n) is 11.3. The van der Waals surface area contributed by atoms with Gasteiger partial charge in [0, 0.05) is 29.2 Å². The molecule has 7 heteroatoms. The molecule has 1 N–H and O–H groups in total. The number of hydrogen-bond donors (Lipinski definition) is 1. The molecule has 2 aliphatic rings. The fourth-order valence-electron chi connectivity index (χ4n) is 4.92. The lowest BCUT2D eigenvalue weighted by atomic mass is 9.73. The van der Waals surface area contributed by atoms with Crippen LogP contribution in [0.1, 0.15) is 33.0 Å². The third-order valence-corrected chi connectivity index (χ3v) is 6.60. The summed E-state index contributed by atoms with van der Waals surface area (Å²) in [5.74, 6) is 4.44. The second kappa shape index (κ2) is 9.32. The molecule has 2 heterocycles. The number of amides is 2. The van der Waals surface area contributed by atoms with Crippen LogP contribution >= 0.6 is 0 Å². The van der Waals surface area contributed by atoms with Gasteiger partial charge in [0.2, 0.25) is 5.91 Å². The molecule has 2 fully saturated rings. The fourth-order valence-corrected chi connectivity index (χ4v) is 4.92. The Morgan fingerprint density at radius 3 is 2.23 bits per heavy atom. The first kappa shape index (κ1) is 22.8. The van der Waals surface area contributed by atoms with Crippen LogP contribution in [-0.2, 0) is 4.79 Å². The average molecular weight is 472 g/mol. The van der Waals surface area contributed by atoms with Crippen molar-refractivity contribution in [2.45, 2.75) is 18.0 Å².